The lowest BCUT2D eigenvalue weighted by molar-refractivity contribution is 0.0502. The quantitative estimate of drug-likeness (QED) is 0.0241. The summed E-state index contributed by atoms with van der Waals surface area (Å²) in [5.41, 5.74) is 18.8. The van der Waals surface area contributed by atoms with E-state index < -0.39 is 43.9 Å². The summed E-state index contributed by atoms with van der Waals surface area (Å²) in [4.78, 5) is 27.1. The first-order valence-corrected chi connectivity index (χ1v) is 34.7. The lowest BCUT2D eigenvalue weighted by Crippen LogP contribution is -2.49. The molecule has 28 heteroatoms. The molecular formula is C62H90Cl2F2N10O12S2. The van der Waals surface area contributed by atoms with Gasteiger partial charge in [0.2, 0.25) is 20.0 Å². The summed E-state index contributed by atoms with van der Waals surface area (Å²) in [5, 5.41) is 11.7. The number of carbonyl (C=O) groups excluding carboxylic acids is 2. The third-order valence-corrected chi connectivity index (χ3v) is 19.4. The fourth-order valence-electron chi connectivity index (χ4n) is 11.6. The van der Waals surface area contributed by atoms with Crippen LogP contribution in [0.15, 0.2) is 70.5 Å². The molecule has 0 spiro atoms. The number of amides is 4. The maximum atomic E-state index is 15.4. The van der Waals surface area contributed by atoms with Crippen LogP contribution >= 0.6 is 23.2 Å². The van der Waals surface area contributed by atoms with E-state index >= 15 is 8.78 Å². The zero-order valence-corrected chi connectivity index (χ0v) is 55.0. The minimum Gasteiger partial charge on any atom is -0.481 e. The van der Waals surface area contributed by atoms with Gasteiger partial charge in [-0.15, -0.1) is 0 Å². The van der Waals surface area contributed by atoms with Crippen molar-refractivity contribution in [3.63, 3.8) is 0 Å². The van der Waals surface area contributed by atoms with E-state index in [0.717, 1.165) is 129 Å². The third kappa shape index (κ3) is 21.5. The van der Waals surface area contributed by atoms with Gasteiger partial charge in [-0.25, -0.2) is 44.6 Å². The topological polar surface area (TPSA) is 288 Å². The van der Waals surface area contributed by atoms with Gasteiger partial charge >= 0.3 is 12.1 Å². The second-order valence-corrected chi connectivity index (χ2v) is 27.2. The molecule has 0 aromatic heterocycles. The van der Waals surface area contributed by atoms with Crippen LogP contribution in [0.5, 0.6) is 11.5 Å². The van der Waals surface area contributed by atoms with E-state index in [0.29, 0.717) is 49.5 Å². The highest BCUT2D eigenvalue weighted by Crippen LogP contribution is 2.44. The summed E-state index contributed by atoms with van der Waals surface area (Å²) < 4.78 is 121. The van der Waals surface area contributed by atoms with Gasteiger partial charge in [0, 0.05) is 81.6 Å². The Kier molecular flexibility index (Phi) is 28.8. The van der Waals surface area contributed by atoms with Crippen LogP contribution in [0, 0.1) is 25.5 Å². The van der Waals surface area contributed by atoms with E-state index in [1.165, 1.54) is 24.3 Å². The normalized spacial score (nSPS) is 20.2. The number of carbonyl (C=O) groups is 2. The first-order chi connectivity index (χ1) is 43.2. The second-order valence-electron chi connectivity index (χ2n) is 22.8. The predicted molar refractivity (Wildman–Crippen MR) is 342 cm³/mol. The Balaban J connectivity index is 0.000000265. The number of nitrogens with two attached hydrogens (primary N) is 2. The molecule has 0 unspecified atom stereocenters. The highest BCUT2D eigenvalue weighted by molar-refractivity contribution is 7.89. The SMILES string of the molecule is CCCOCCOCCNS(=O)(=O)c1ccc(O[C@H]2c3cc(Cl)cc(C)c3C[C@@H]2N2CCC[C@@H](N)C2)c(F)c1.CNC(=O)NCCCCNC(=O)NCCOCCOCCNS(=O)(=O)c1ccc(O[C@H]2c3cc(Cl)cc(C)c3C[C@@H]2N2CCC[C@@H](N)C2)c(F)c1. The molecular weight excluding hydrogens is 1250 g/mol. The van der Waals surface area contributed by atoms with Gasteiger partial charge in [0.05, 0.1) is 68.1 Å². The summed E-state index contributed by atoms with van der Waals surface area (Å²) in [6, 6.07) is 14.5. The zero-order chi connectivity index (χ0) is 64.8. The van der Waals surface area contributed by atoms with E-state index in [-0.39, 0.29) is 104 Å². The van der Waals surface area contributed by atoms with Gasteiger partial charge in [0.25, 0.3) is 0 Å². The molecule has 6 atom stereocenters. The Bertz CT molecular complexity index is 3220. The van der Waals surface area contributed by atoms with Crippen LogP contribution < -0.4 is 51.7 Å². The van der Waals surface area contributed by atoms with Crippen LogP contribution in [0.1, 0.15) is 97.5 Å². The van der Waals surface area contributed by atoms with E-state index in [1.807, 2.05) is 45.0 Å². The van der Waals surface area contributed by atoms with E-state index in [2.05, 4.69) is 40.5 Å². The fourth-order valence-corrected chi connectivity index (χ4v) is 14.2. The second kappa shape index (κ2) is 35.8. The number of hydrogen-bond acceptors (Lipinski definition) is 16. The largest absolute Gasteiger partial charge is 0.481 e. The molecule has 2 saturated heterocycles. The number of nitrogens with one attached hydrogen (secondary N) is 6. The summed E-state index contributed by atoms with van der Waals surface area (Å²) in [5.74, 6) is -1.58. The number of rotatable bonds is 32. The zero-order valence-electron chi connectivity index (χ0n) is 51.9. The highest BCUT2D eigenvalue weighted by atomic mass is 35.5. The Morgan fingerprint density at radius 1 is 0.578 bits per heavy atom. The minimum atomic E-state index is -4.01. The Morgan fingerprint density at radius 2 is 0.989 bits per heavy atom. The standard InChI is InChI=1S/C34H51ClFN7O7S.C28H39ClFN3O5S/c1-23-18-24(35)19-28-27(23)21-30(43-13-5-6-25(37)22-43)32(28)50-31-8-7-26(20-29(31)36)51(46,47)42-12-15-49-17-16-48-14-11-41-34(45)40-10-4-3-9-39-33(44)38-2;1-3-10-36-12-13-37-11-8-32-39(34,35)22-6-7-27(25(30)16-22)38-28-24-15-20(29)14-19(2)23(24)17-26(28)33-9-4-5-21(31)18-33/h7-8,18-20,25,30,32,42H,3-6,9-17,21-22,37H2,1-2H3,(H2,38,39,44)(H2,40,41,45);6-7,14-16,21,26,28,32H,3-5,8-13,17-18,31H2,1-2H3/t25-,30+,32+;21-,26+,28+/m11/s1. The number of fused-ring (bicyclic) bond motifs is 2. The van der Waals surface area contributed by atoms with Crippen molar-refractivity contribution in [3.8, 4) is 11.5 Å². The molecule has 4 aliphatic rings. The Morgan fingerprint density at radius 3 is 1.40 bits per heavy atom. The number of piperidine rings is 2. The van der Waals surface area contributed by atoms with Crippen LogP contribution in [0.2, 0.25) is 10.0 Å². The molecule has 0 saturated carbocycles. The number of nitrogens with zero attached hydrogens (tertiary/aromatic N) is 2. The predicted octanol–water partition coefficient (Wildman–Crippen LogP) is 6.55. The summed E-state index contributed by atoms with van der Waals surface area (Å²) in [7, 11) is -6.38. The molecule has 4 aromatic rings. The third-order valence-electron chi connectivity index (χ3n) is 16.0. The summed E-state index contributed by atoms with van der Waals surface area (Å²) in [6.45, 7) is 13.1. The summed E-state index contributed by atoms with van der Waals surface area (Å²) >= 11 is 12.8. The van der Waals surface area contributed by atoms with E-state index in [9.17, 15) is 26.4 Å². The van der Waals surface area contributed by atoms with Crippen molar-refractivity contribution >= 4 is 55.3 Å². The van der Waals surface area contributed by atoms with Crippen molar-refractivity contribution in [1.82, 2.24) is 40.5 Å². The van der Waals surface area contributed by atoms with Crippen molar-refractivity contribution < 1.29 is 63.6 Å². The molecule has 2 aliphatic heterocycles. The van der Waals surface area contributed by atoms with Crippen LogP contribution in [-0.2, 0) is 51.8 Å². The van der Waals surface area contributed by atoms with Crippen LogP contribution in [0.25, 0.3) is 0 Å². The van der Waals surface area contributed by atoms with Crippen molar-refractivity contribution in [2.45, 2.75) is 125 Å². The van der Waals surface area contributed by atoms with Gasteiger partial charge in [-0.05, 0) is 179 Å². The molecule has 4 aromatic carbocycles. The molecule has 10 N–H and O–H groups in total. The lowest BCUT2D eigenvalue weighted by Gasteiger charge is -2.38. The molecule has 0 bridgehead atoms. The number of benzene rings is 4. The van der Waals surface area contributed by atoms with Gasteiger partial charge in [0.15, 0.2) is 23.1 Å². The number of urea groups is 2. The van der Waals surface area contributed by atoms with Crippen molar-refractivity contribution in [2.24, 2.45) is 11.5 Å². The first kappa shape index (κ1) is 72.4. The lowest BCUT2D eigenvalue weighted by atomic mass is 10.0. The molecule has 4 amide bonds. The van der Waals surface area contributed by atoms with Crippen molar-refractivity contribution in [3.05, 3.63) is 116 Å². The van der Waals surface area contributed by atoms with Crippen LogP contribution in [-0.4, -0.2) is 182 Å². The number of hydrogen-bond donors (Lipinski definition) is 8. The molecule has 2 heterocycles. The smallest absolute Gasteiger partial charge is 0.314 e. The van der Waals surface area contributed by atoms with Gasteiger partial charge < -0.3 is 61.2 Å². The summed E-state index contributed by atoms with van der Waals surface area (Å²) in [6.07, 6.45) is 6.80. The molecule has 90 heavy (non-hydrogen) atoms. The Labute approximate surface area is 538 Å². The number of unbranched alkanes of at least 4 members (excludes halogenated alkanes) is 1. The number of ether oxygens (including phenoxy) is 6. The van der Waals surface area contributed by atoms with E-state index in [4.69, 9.17) is 63.1 Å². The van der Waals surface area contributed by atoms with E-state index in [1.54, 1.807) is 7.05 Å². The molecule has 8 rings (SSSR count). The maximum absolute atomic E-state index is 15.4. The van der Waals surface area contributed by atoms with Crippen molar-refractivity contribution in [2.75, 3.05) is 119 Å². The Hall–Kier alpha value is -5.04. The number of sulfonamides is 2. The fraction of sp³-hybridized carbons (Fsp3) is 0.581. The first-order valence-electron chi connectivity index (χ1n) is 30.9. The van der Waals surface area contributed by atoms with Crippen LogP contribution in [0.3, 0.4) is 0 Å². The maximum Gasteiger partial charge on any atom is 0.314 e. The highest BCUT2D eigenvalue weighted by Gasteiger charge is 2.42. The van der Waals surface area contributed by atoms with Gasteiger partial charge in [0.1, 0.15) is 12.2 Å². The molecule has 0 radical (unpaired) electrons. The van der Waals surface area contributed by atoms with Gasteiger partial charge in [-0.3, -0.25) is 9.80 Å². The molecule has 2 fully saturated rings. The number of aryl methyl sites for hydroxylation is 2. The van der Waals surface area contributed by atoms with Crippen molar-refractivity contribution in [1.29, 1.82) is 0 Å². The average Bonchev–Trinajstić information content (AvgIpc) is 1.64. The van der Waals surface area contributed by atoms with Gasteiger partial charge in [-0.1, -0.05) is 30.1 Å². The molecule has 500 valence electrons. The average molecular weight is 1340 g/mol. The minimum absolute atomic E-state index is 0.00820. The van der Waals surface area contributed by atoms with Gasteiger partial charge in [-0.2, -0.15) is 0 Å². The number of halogens is 4. The molecule has 22 nitrogen and oxygen atoms in total. The van der Waals surface area contributed by atoms with Crippen LogP contribution in [0.4, 0.5) is 18.4 Å². The number of likely N-dealkylation sites (tertiary alicyclic amines) is 2. The monoisotopic (exact) mass is 1340 g/mol. The molecule has 2 aliphatic carbocycles.